The molecule has 10 heteroatoms. The minimum absolute atomic E-state index is 0.0705. The van der Waals surface area contributed by atoms with Crippen LogP contribution in [0.25, 0.3) is 0 Å². The average molecular weight is 417 g/mol. The van der Waals surface area contributed by atoms with E-state index in [1.807, 2.05) is 6.92 Å². The number of rotatable bonds is 9. The van der Waals surface area contributed by atoms with Crippen molar-refractivity contribution in [2.45, 2.75) is 51.4 Å². The number of alkyl halides is 3. The Balaban J connectivity index is 2.06. The van der Waals surface area contributed by atoms with Crippen LogP contribution in [0.4, 0.5) is 13.2 Å². The summed E-state index contributed by atoms with van der Waals surface area (Å²) in [6.45, 7) is 3.90. The average Bonchev–Trinajstić information content (AvgIpc) is 3.07. The first-order chi connectivity index (χ1) is 13.2. The van der Waals surface area contributed by atoms with Crippen molar-refractivity contribution >= 4 is 17.2 Å². The predicted molar refractivity (Wildman–Crippen MR) is 97.9 cm³/mol. The van der Waals surface area contributed by atoms with Gasteiger partial charge in [-0.25, -0.2) is 9.97 Å². The summed E-state index contributed by atoms with van der Waals surface area (Å²) in [4.78, 5) is 20.0. The molecular weight excluding hydrogens is 395 g/mol. The molecule has 0 aromatic carbocycles. The normalized spacial score (nSPS) is 13.8. The number of nitrogens with one attached hydrogen (secondary N) is 1. The highest BCUT2D eigenvalue weighted by atomic mass is 32.1. The van der Waals surface area contributed by atoms with Crippen molar-refractivity contribution in [2.75, 3.05) is 6.61 Å². The lowest BCUT2D eigenvalue weighted by atomic mass is 9.99. The number of hydrogen-bond acceptors (Lipinski definition) is 6. The van der Waals surface area contributed by atoms with Crippen LogP contribution >= 0.6 is 11.3 Å². The van der Waals surface area contributed by atoms with Gasteiger partial charge in [0.15, 0.2) is 0 Å². The zero-order valence-electron chi connectivity index (χ0n) is 15.5. The second-order valence-electron chi connectivity index (χ2n) is 6.28. The number of amides is 1. The number of unbranched alkanes of at least 4 members (excludes halogenated alkanes) is 1. The number of nitrogens with zero attached hydrogens (tertiary/aromatic N) is 2. The van der Waals surface area contributed by atoms with E-state index < -0.39 is 29.1 Å². The minimum Gasteiger partial charge on any atom is -0.477 e. The summed E-state index contributed by atoms with van der Waals surface area (Å²) < 4.78 is 45.9. The molecule has 28 heavy (non-hydrogen) atoms. The number of thiazole rings is 1. The second-order valence-corrected chi connectivity index (χ2v) is 7.13. The number of aromatic nitrogens is 2. The summed E-state index contributed by atoms with van der Waals surface area (Å²) in [5.41, 5.74) is -2.47. The van der Waals surface area contributed by atoms with Gasteiger partial charge in [0, 0.05) is 29.4 Å². The number of ether oxygens (including phenoxy) is 1. The van der Waals surface area contributed by atoms with Crippen molar-refractivity contribution in [3.05, 3.63) is 40.0 Å². The predicted octanol–water partition coefficient (Wildman–Crippen LogP) is 3.48. The molecule has 1 unspecified atom stereocenters. The van der Waals surface area contributed by atoms with Gasteiger partial charge in [0.25, 0.3) is 0 Å². The fraction of sp³-hybridized carbons (Fsp3) is 0.500. The first-order valence-corrected chi connectivity index (χ1v) is 9.60. The lowest BCUT2D eigenvalue weighted by molar-refractivity contribution is -0.267. The van der Waals surface area contributed by atoms with Crippen molar-refractivity contribution in [2.24, 2.45) is 0 Å². The van der Waals surface area contributed by atoms with Gasteiger partial charge in [-0.15, -0.1) is 11.3 Å². The van der Waals surface area contributed by atoms with E-state index in [9.17, 15) is 23.1 Å². The maximum absolute atomic E-state index is 13.5. The number of aryl methyl sites for hydroxylation is 1. The zero-order chi connectivity index (χ0) is 20.8. The molecule has 0 spiro atoms. The molecule has 1 atom stereocenters. The van der Waals surface area contributed by atoms with Crippen LogP contribution in [-0.2, 0) is 16.9 Å². The summed E-state index contributed by atoms with van der Waals surface area (Å²) in [6.07, 6.45) is -2.94. The molecule has 0 aliphatic heterocycles. The van der Waals surface area contributed by atoms with Gasteiger partial charge in [0.1, 0.15) is 5.01 Å². The maximum Gasteiger partial charge on any atom is 0.424 e. The molecule has 2 rings (SSSR count). The highest BCUT2D eigenvalue weighted by molar-refractivity contribution is 7.09. The molecule has 0 saturated carbocycles. The van der Waals surface area contributed by atoms with Crippen molar-refractivity contribution in [1.82, 2.24) is 15.3 Å². The molecule has 154 valence electrons. The Morgan fingerprint density at radius 3 is 2.75 bits per heavy atom. The smallest absolute Gasteiger partial charge is 0.424 e. The third-order valence-corrected chi connectivity index (χ3v) is 5.03. The third kappa shape index (κ3) is 5.41. The highest BCUT2D eigenvalue weighted by Crippen LogP contribution is 2.42. The van der Waals surface area contributed by atoms with E-state index in [2.05, 4.69) is 15.3 Å². The Hall–Kier alpha value is -2.20. The molecule has 0 fully saturated rings. The lowest BCUT2D eigenvalue weighted by Crippen LogP contribution is -2.46. The molecule has 1 amide bonds. The molecule has 0 aliphatic carbocycles. The van der Waals surface area contributed by atoms with Crippen molar-refractivity contribution in [3.8, 4) is 5.88 Å². The van der Waals surface area contributed by atoms with Crippen LogP contribution in [0, 0.1) is 6.92 Å². The van der Waals surface area contributed by atoms with E-state index in [1.54, 1.807) is 12.1 Å². The monoisotopic (exact) mass is 417 g/mol. The van der Waals surface area contributed by atoms with Crippen LogP contribution in [0.2, 0.25) is 0 Å². The minimum atomic E-state index is -5.04. The van der Waals surface area contributed by atoms with E-state index >= 15 is 0 Å². The molecule has 0 radical (unpaired) electrons. The van der Waals surface area contributed by atoms with Crippen molar-refractivity contribution in [3.63, 3.8) is 0 Å². The number of halogens is 3. The van der Waals surface area contributed by atoms with E-state index in [-0.39, 0.29) is 6.54 Å². The Bertz CT molecular complexity index is 798. The Morgan fingerprint density at radius 2 is 2.14 bits per heavy atom. The van der Waals surface area contributed by atoms with E-state index in [1.165, 1.54) is 18.5 Å². The van der Waals surface area contributed by atoms with Gasteiger partial charge in [0.2, 0.25) is 17.4 Å². The number of carbonyl (C=O) groups is 1. The van der Waals surface area contributed by atoms with Gasteiger partial charge < -0.3 is 15.2 Å². The van der Waals surface area contributed by atoms with Crippen molar-refractivity contribution < 1.29 is 27.8 Å². The number of carbonyl (C=O) groups excluding carboxylic acids is 1. The molecule has 0 bridgehead atoms. The van der Waals surface area contributed by atoms with Gasteiger partial charge in [-0.05, 0) is 19.4 Å². The molecule has 2 heterocycles. The van der Waals surface area contributed by atoms with Crippen LogP contribution in [0.5, 0.6) is 5.88 Å². The fourth-order valence-corrected chi connectivity index (χ4v) is 3.25. The topological polar surface area (TPSA) is 84.3 Å². The quantitative estimate of drug-likeness (QED) is 0.611. The van der Waals surface area contributed by atoms with Crippen LogP contribution in [0.15, 0.2) is 23.7 Å². The molecule has 0 saturated heterocycles. The van der Waals surface area contributed by atoms with Crippen LogP contribution in [-0.4, -0.2) is 33.8 Å². The summed E-state index contributed by atoms with van der Waals surface area (Å²) in [6, 6.07) is 3.30. The van der Waals surface area contributed by atoms with Crippen LogP contribution in [0.1, 0.15) is 42.5 Å². The standard InChI is InChI=1S/C18H22F3N3O3S/c1-3-4-8-27-15-13(6-5-7-22-15)10-23-14(25)9-17(26,18(19,20)21)16-24-12(2)11-28-16/h5-7,11,26H,3-4,8-10H2,1-2H3,(H,23,25). The zero-order valence-corrected chi connectivity index (χ0v) is 16.4. The number of hydrogen-bond donors (Lipinski definition) is 2. The largest absolute Gasteiger partial charge is 0.477 e. The SMILES string of the molecule is CCCCOc1ncccc1CNC(=O)CC(O)(c1nc(C)cs1)C(F)(F)F. The van der Waals surface area contributed by atoms with Crippen molar-refractivity contribution in [1.29, 1.82) is 0 Å². The van der Waals surface area contributed by atoms with Gasteiger partial charge in [-0.1, -0.05) is 19.4 Å². The summed E-state index contributed by atoms with van der Waals surface area (Å²) in [5.74, 6) is -0.645. The molecule has 2 N–H and O–H groups in total. The van der Waals surface area contributed by atoms with E-state index in [0.717, 1.165) is 12.8 Å². The number of pyridine rings is 1. The number of aliphatic hydroxyl groups is 1. The maximum atomic E-state index is 13.5. The third-order valence-electron chi connectivity index (χ3n) is 3.92. The highest BCUT2D eigenvalue weighted by Gasteiger charge is 2.58. The molecule has 6 nitrogen and oxygen atoms in total. The molecule has 2 aromatic rings. The first kappa shape index (κ1) is 22.1. The molecule has 2 aromatic heterocycles. The Labute approximate surface area is 164 Å². The summed E-state index contributed by atoms with van der Waals surface area (Å²) in [7, 11) is 0. The molecule has 0 aliphatic rings. The summed E-state index contributed by atoms with van der Waals surface area (Å²) in [5, 5.41) is 13.4. The Morgan fingerprint density at radius 1 is 1.39 bits per heavy atom. The summed E-state index contributed by atoms with van der Waals surface area (Å²) >= 11 is 0.662. The van der Waals surface area contributed by atoms with E-state index in [0.29, 0.717) is 35.1 Å². The van der Waals surface area contributed by atoms with Gasteiger partial charge in [-0.2, -0.15) is 13.2 Å². The van der Waals surface area contributed by atoms with E-state index in [4.69, 9.17) is 4.74 Å². The van der Waals surface area contributed by atoms with Gasteiger partial charge in [-0.3, -0.25) is 4.79 Å². The first-order valence-electron chi connectivity index (χ1n) is 8.72. The van der Waals surface area contributed by atoms with Gasteiger partial charge >= 0.3 is 6.18 Å². The second kappa shape index (κ2) is 9.33. The van der Waals surface area contributed by atoms with Gasteiger partial charge in [0.05, 0.1) is 13.0 Å². The fourth-order valence-electron chi connectivity index (χ4n) is 2.33. The lowest BCUT2D eigenvalue weighted by Gasteiger charge is -2.27. The van der Waals surface area contributed by atoms with Crippen LogP contribution < -0.4 is 10.1 Å². The van der Waals surface area contributed by atoms with Crippen LogP contribution in [0.3, 0.4) is 0 Å². The molecular formula is C18H22F3N3O3S. The Kier molecular flexibility index (Phi) is 7.36.